The van der Waals surface area contributed by atoms with Crippen molar-refractivity contribution >= 4 is 38.3 Å². The van der Waals surface area contributed by atoms with E-state index >= 15 is 0 Å². The van der Waals surface area contributed by atoms with E-state index in [0.717, 1.165) is 32.1 Å². The molecule has 1 unspecified atom stereocenters. The van der Waals surface area contributed by atoms with Crippen molar-refractivity contribution in [2.75, 3.05) is 5.32 Å². The molecule has 114 valence electrons. The molecule has 4 rings (SSSR count). The van der Waals surface area contributed by atoms with Crippen LogP contribution in [0.15, 0.2) is 59.1 Å². The molecule has 0 saturated heterocycles. The number of aromatic hydroxyl groups is 1. The van der Waals surface area contributed by atoms with E-state index in [4.69, 9.17) is 0 Å². The van der Waals surface area contributed by atoms with Gasteiger partial charge in [-0.3, -0.25) is 4.79 Å². The average molecular weight is 368 g/mol. The molecule has 0 aliphatic carbocycles. The van der Waals surface area contributed by atoms with Crippen molar-refractivity contribution in [3.05, 3.63) is 70.2 Å². The molecule has 0 fully saturated rings. The number of fused-ring (bicyclic) bond motifs is 3. The number of nitrogens with one attached hydrogen (secondary N) is 1. The highest BCUT2D eigenvalue weighted by Crippen LogP contribution is 2.43. The zero-order valence-electron chi connectivity index (χ0n) is 12.2. The summed E-state index contributed by atoms with van der Waals surface area (Å²) in [4.78, 5) is 12.2. The number of anilines is 1. The molecule has 0 radical (unpaired) electrons. The number of phenolic OH excluding ortho intramolecular Hbond substituents is 1. The maximum atomic E-state index is 12.2. The second-order valence-electron chi connectivity index (χ2n) is 5.76. The van der Waals surface area contributed by atoms with Gasteiger partial charge in [0.2, 0.25) is 5.91 Å². The molecule has 1 heterocycles. The summed E-state index contributed by atoms with van der Waals surface area (Å²) < 4.78 is 1.02. The number of phenols is 1. The summed E-state index contributed by atoms with van der Waals surface area (Å²) in [6, 6.07) is 17.2. The molecule has 3 aromatic rings. The van der Waals surface area contributed by atoms with Crippen molar-refractivity contribution in [1.82, 2.24) is 0 Å². The van der Waals surface area contributed by atoms with Gasteiger partial charge in [0.15, 0.2) is 0 Å². The van der Waals surface area contributed by atoms with Crippen LogP contribution in [0.5, 0.6) is 5.75 Å². The number of hydrogen-bond donors (Lipinski definition) is 2. The second kappa shape index (κ2) is 5.39. The molecule has 3 nitrogen and oxygen atoms in total. The third kappa shape index (κ3) is 2.39. The number of benzene rings is 3. The van der Waals surface area contributed by atoms with Crippen LogP contribution in [0.4, 0.5) is 5.69 Å². The van der Waals surface area contributed by atoms with E-state index in [1.165, 1.54) is 0 Å². The second-order valence-corrected chi connectivity index (χ2v) is 6.62. The molecule has 0 bridgehead atoms. The van der Waals surface area contributed by atoms with Crippen LogP contribution < -0.4 is 5.32 Å². The standard InChI is InChI=1S/C19H14BrNO2/c20-17-9-16-15(11-5-7-12(22)8-6-11)10-18(23)21-19(16)14-4-2-1-3-13(14)17/h1-9,15,22H,10H2,(H,21,23). The topological polar surface area (TPSA) is 49.3 Å². The normalized spacial score (nSPS) is 16.9. The van der Waals surface area contributed by atoms with Gasteiger partial charge in [-0.2, -0.15) is 0 Å². The van der Waals surface area contributed by atoms with Crippen molar-refractivity contribution in [1.29, 1.82) is 0 Å². The first-order valence-electron chi connectivity index (χ1n) is 7.43. The minimum Gasteiger partial charge on any atom is -0.508 e. The Morgan fingerprint density at radius 2 is 1.74 bits per heavy atom. The highest BCUT2D eigenvalue weighted by atomic mass is 79.9. The zero-order valence-corrected chi connectivity index (χ0v) is 13.8. The van der Waals surface area contributed by atoms with Crippen molar-refractivity contribution < 1.29 is 9.90 Å². The molecule has 23 heavy (non-hydrogen) atoms. The van der Waals surface area contributed by atoms with E-state index < -0.39 is 0 Å². The SMILES string of the molecule is O=C1CC(c2ccc(O)cc2)c2cc(Br)c3ccccc3c2N1. The molecular weight excluding hydrogens is 354 g/mol. The van der Waals surface area contributed by atoms with Gasteiger partial charge in [-0.05, 0) is 34.7 Å². The Hall–Kier alpha value is -2.33. The van der Waals surface area contributed by atoms with Gasteiger partial charge in [0.05, 0.1) is 5.69 Å². The fraction of sp³-hybridized carbons (Fsp3) is 0.105. The molecule has 1 aliphatic rings. The van der Waals surface area contributed by atoms with Crippen LogP contribution >= 0.6 is 15.9 Å². The van der Waals surface area contributed by atoms with E-state index in [1.807, 2.05) is 36.4 Å². The van der Waals surface area contributed by atoms with Gasteiger partial charge in [0.25, 0.3) is 0 Å². The first-order valence-corrected chi connectivity index (χ1v) is 8.22. The summed E-state index contributed by atoms with van der Waals surface area (Å²) in [6.07, 6.45) is 0.405. The van der Waals surface area contributed by atoms with Gasteiger partial charge < -0.3 is 10.4 Å². The molecule has 2 N–H and O–H groups in total. The van der Waals surface area contributed by atoms with E-state index in [0.29, 0.717) is 6.42 Å². The Kier molecular flexibility index (Phi) is 3.34. The molecule has 1 atom stereocenters. The maximum absolute atomic E-state index is 12.2. The Bertz CT molecular complexity index is 919. The van der Waals surface area contributed by atoms with Gasteiger partial charge in [0.1, 0.15) is 5.75 Å². The highest BCUT2D eigenvalue weighted by Gasteiger charge is 2.28. The monoisotopic (exact) mass is 367 g/mol. The first-order chi connectivity index (χ1) is 11.1. The van der Waals surface area contributed by atoms with Gasteiger partial charge in [-0.15, -0.1) is 0 Å². The number of amides is 1. The van der Waals surface area contributed by atoms with Crippen molar-refractivity contribution in [2.45, 2.75) is 12.3 Å². The molecular formula is C19H14BrNO2. The molecule has 4 heteroatoms. The van der Waals surface area contributed by atoms with E-state index in [9.17, 15) is 9.90 Å². The predicted molar refractivity (Wildman–Crippen MR) is 94.8 cm³/mol. The summed E-state index contributed by atoms with van der Waals surface area (Å²) >= 11 is 3.65. The first kappa shape index (κ1) is 14.3. The van der Waals surface area contributed by atoms with Gasteiger partial charge in [-0.1, -0.05) is 52.3 Å². The number of carbonyl (C=O) groups is 1. The van der Waals surface area contributed by atoms with E-state index in [2.05, 4.69) is 27.3 Å². The fourth-order valence-corrected chi connectivity index (χ4v) is 3.85. The summed E-state index contributed by atoms with van der Waals surface area (Å²) in [5.41, 5.74) is 3.01. The average Bonchev–Trinajstić information content (AvgIpc) is 2.56. The molecule has 0 aromatic heterocycles. The van der Waals surface area contributed by atoms with Crippen molar-refractivity contribution in [3.63, 3.8) is 0 Å². The smallest absolute Gasteiger partial charge is 0.225 e. The third-order valence-electron chi connectivity index (χ3n) is 4.35. The fourth-order valence-electron chi connectivity index (χ4n) is 3.26. The van der Waals surface area contributed by atoms with Crippen LogP contribution in [0, 0.1) is 0 Å². The summed E-state index contributed by atoms with van der Waals surface area (Å²) in [6.45, 7) is 0. The van der Waals surface area contributed by atoms with E-state index in [1.54, 1.807) is 12.1 Å². The zero-order chi connectivity index (χ0) is 16.0. The minimum atomic E-state index is -0.0137. The third-order valence-corrected chi connectivity index (χ3v) is 5.01. The molecule has 0 spiro atoms. The lowest BCUT2D eigenvalue weighted by Crippen LogP contribution is -2.23. The number of halogens is 1. The van der Waals surface area contributed by atoms with Gasteiger partial charge in [0, 0.05) is 22.2 Å². The Balaban J connectivity index is 1.96. The number of carbonyl (C=O) groups excluding carboxylic acids is 1. The van der Waals surface area contributed by atoms with Crippen LogP contribution in [0.3, 0.4) is 0 Å². The summed E-state index contributed by atoms with van der Waals surface area (Å²) in [5, 5.41) is 14.7. The van der Waals surface area contributed by atoms with Gasteiger partial charge >= 0.3 is 0 Å². The predicted octanol–water partition coefficient (Wildman–Crippen LogP) is 4.78. The number of rotatable bonds is 1. The van der Waals surface area contributed by atoms with Crippen LogP contribution in [0.25, 0.3) is 10.8 Å². The quantitative estimate of drug-likeness (QED) is 0.649. The van der Waals surface area contributed by atoms with Crippen LogP contribution in [-0.4, -0.2) is 11.0 Å². The Morgan fingerprint density at radius 3 is 2.48 bits per heavy atom. The minimum absolute atomic E-state index is 0.0137. The molecule has 1 aliphatic heterocycles. The van der Waals surface area contributed by atoms with Crippen molar-refractivity contribution in [2.24, 2.45) is 0 Å². The molecule has 3 aromatic carbocycles. The lowest BCUT2D eigenvalue weighted by atomic mass is 9.83. The van der Waals surface area contributed by atoms with Crippen molar-refractivity contribution in [3.8, 4) is 5.75 Å². The maximum Gasteiger partial charge on any atom is 0.225 e. The Labute approximate surface area is 142 Å². The lowest BCUT2D eigenvalue weighted by Gasteiger charge is -2.28. The lowest BCUT2D eigenvalue weighted by molar-refractivity contribution is -0.116. The van der Waals surface area contributed by atoms with Gasteiger partial charge in [-0.25, -0.2) is 0 Å². The molecule has 1 amide bonds. The van der Waals surface area contributed by atoms with Crippen LogP contribution in [0.1, 0.15) is 23.5 Å². The largest absolute Gasteiger partial charge is 0.508 e. The van der Waals surface area contributed by atoms with E-state index in [-0.39, 0.29) is 17.6 Å². The Morgan fingerprint density at radius 1 is 1.04 bits per heavy atom. The molecule has 0 saturated carbocycles. The number of hydrogen-bond acceptors (Lipinski definition) is 2. The van der Waals surface area contributed by atoms with Crippen LogP contribution in [0.2, 0.25) is 0 Å². The highest BCUT2D eigenvalue weighted by molar-refractivity contribution is 9.10. The summed E-state index contributed by atoms with van der Waals surface area (Å²) in [5.74, 6) is 0.234. The van der Waals surface area contributed by atoms with Crippen LogP contribution in [-0.2, 0) is 4.79 Å². The summed E-state index contributed by atoms with van der Waals surface area (Å²) in [7, 11) is 0.